The maximum atomic E-state index is 2.36. The maximum Gasteiger partial charge on any atom is -0.0360 e. The van der Waals surface area contributed by atoms with Crippen molar-refractivity contribution < 1.29 is 0 Å². The number of hydrogen-bond acceptors (Lipinski definition) is 0. The summed E-state index contributed by atoms with van der Waals surface area (Å²) in [5, 5.41) is 0. The molecule has 0 radical (unpaired) electrons. The Labute approximate surface area is 65.0 Å². The highest BCUT2D eigenvalue weighted by atomic mass is 14.5. The van der Waals surface area contributed by atoms with E-state index in [1.165, 1.54) is 12.8 Å². The fourth-order valence-corrected chi connectivity index (χ4v) is 2.90. The van der Waals surface area contributed by atoms with Crippen LogP contribution in [0.15, 0.2) is 0 Å². The zero-order valence-electron chi connectivity index (χ0n) is 6.27. The van der Waals surface area contributed by atoms with E-state index < -0.39 is 0 Å². The second kappa shape index (κ2) is 2.94. The lowest BCUT2D eigenvalue weighted by atomic mass is 9.56. The molecule has 2 atom stereocenters. The first-order chi connectivity index (χ1) is 4.42. The Bertz CT molecular complexity index is 92.6. The van der Waals surface area contributed by atoms with Gasteiger partial charge in [-0.2, -0.15) is 0 Å². The quantitative estimate of drug-likeness (QED) is 0.523. The first kappa shape index (κ1) is 8.10. The van der Waals surface area contributed by atoms with Gasteiger partial charge in [-0.15, -0.1) is 0 Å². The van der Waals surface area contributed by atoms with Crippen LogP contribution in [0.25, 0.3) is 0 Å². The van der Waals surface area contributed by atoms with Gasteiger partial charge < -0.3 is 0 Å². The molecule has 0 aliphatic heterocycles. The molecule has 0 nitrogen and oxygen atoms in total. The molecule has 0 heterocycles. The third kappa shape index (κ3) is 0.980. The molecule has 3 aliphatic rings. The van der Waals surface area contributed by atoms with E-state index in [2.05, 4.69) is 6.92 Å². The lowest BCUT2D eigenvalue weighted by molar-refractivity contribution is 0.0119. The van der Waals surface area contributed by atoms with Gasteiger partial charge in [0.05, 0.1) is 0 Å². The summed E-state index contributed by atoms with van der Waals surface area (Å²) in [6.07, 6.45) is 7.67. The summed E-state index contributed by atoms with van der Waals surface area (Å²) in [5.74, 6) is 3.47. The smallest absolute Gasteiger partial charge is 0.0360 e. The summed E-state index contributed by atoms with van der Waals surface area (Å²) < 4.78 is 0. The average Bonchev–Trinajstić information content (AvgIpc) is 1.90. The molecule has 0 aromatic carbocycles. The van der Waals surface area contributed by atoms with Gasteiger partial charge >= 0.3 is 0 Å². The molecule has 0 spiro atoms. The Morgan fingerprint density at radius 1 is 1.20 bits per heavy atom. The van der Waals surface area contributed by atoms with Crippen LogP contribution in [0, 0.1) is 17.8 Å². The summed E-state index contributed by atoms with van der Waals surface area (Å²) in [6, 6.07) is 0. The number of hydrogen-bond donors (Lipinski definition) is 0. The zero-order chi connectivity index (χ0) is 6.27. The van der Waals surface area contributed by atoms with Gasteiger partial charge in [-0.3, -0.25) is 0 Å². The Morgan fingerprint density at radius 2 is 1.80 bits per heavy atom. The second-order valence-electron chi connectivity index (χ2n) is 3.76. The van der Waals surface area contributed by atoms with Crippen molar-refractivity contribution in [2.45, 2.75) is 46.5 Å². The minimum atomic E-state index is 0. The molecule has 10 heavy (non-hydrogen) atoms. The lowest BCUT2D eigenvalue weighted by Gasteiger charge is -2.49. The summed E-state index contributed by atoms with van der Waals surface area (Å²) in [4.78, 5) is 0. The van der Waals surface area contributed by atoms with Crippen LogP contribution >= 0.6 is 0 Å². The second-order valence-corrected chi connectivity index (χ2v) is 3.76. The highest BCUT2D eigenvalue weighted by Crippen LogP contribution is 2.51. The molecule has 3 saturated carbocycles. The zero-order valence-corrected chi connectivity index (χ0v) is 6.27. The number of fused-ring (bicyclic) bond motifs is 2. The van der Waals surface area contributed by atoms with E-state index >= 15 is 0 Å². The van der Waals surface area contributed by atoms with Gasteiger partial charge in [-0.25, -0.2) is 0 Å². The van der Waals surface area contributed by atoms with Crippen LogP contribution < -0.4 is 0 Å². The molecule has 3 aliphatic carbocycles. The molecular weight excluding hydrogens is 120 g/mol. The summed E-state index contributed by atoms with van der Waals surface area (Å²) >= 11 is 0. The number of rotatable bonds is 1. The summed E-state index contributed by atoms with van der Waals surface area (Å²) in [5.41, 5.74) is 0. The van der Waals surface area contributed by atoms with Crippen LogP contribution in [0.2, 0.25) is 0 Å². The molecule has 3 rings (SSSR count). The average molecular weight is 140 g/mol. The Morgan fingerprint density at radius 3 is 2.10 bits per heavy atom. The van der Waals surface area contributed by atoms with E-state index in [4.69, 9.17) is 0 Å². The molecule has 60 valence electrons. The van der Waals surface area contributed by atoms with Gasteiger partial charge in [-0.1, -0.05) is 40.0 Å². The van der Waals surface area contributed by atoms with Crippen LogP contribution in [0.5, 0.6) is 0 Å². The molecule has 0 heteroatoms. The minimum absolute atomic E-state index is 0. The molecule has 0 aromatic heterocycles. The maximum absolute atomic E-state index is 2.36. The fourth-order valence-electron chi connectivity index (χ4n) is 2.90. The minimum Gasteiger partial charge on any atom is -0.0776 e. The van der Waals surface area contributed by atoms with E-state index in [-0.39, 0.29) is 7.43 Å². The third-order valence-electron chi connectivity index (χ3n) is 3.44. The molecule has 0 N–H and O–H groups in total. The standard InChI is InChI=1S/C9H16.CH4/c1-2-9-7-4-3-5-8(9)6-7;/h7-9H,2-6H2,1H3;1H4. The molecule has 0 aromatic rings. The summed E-state index contributed by atoms with van der Waals surface area (Å²) in [6.45, 7) is 2.36. The van der Waals surface area contributed by atoms with Crippen LogP contribution in [0.3, 0.4) is 0 Å². The highest BCUT2D eigenvalue weighted by Gasteiger charge is 2.41. The Hall–Kier alpha value is 0. The van der Waals surface area contributed by atoms with Gasteiger partial charge in [-0.05, 0) is 24.2 Å². The van der Waals surface area contributed by atoms with Crippen molar-refractivity contribution in [3.63, 3.8) is 0 Å². The third-order valence-corrected chi connectivity index (χ3v) is 3.44. The van der Waals surface area contributed by atoms with Crippen LogP contribution in [0.1, 0.15) is 46.5 Å². The SMILES string of the molecule is C.CCC1C2CCCC1C2. The van der Waals surface area contributed by atoms with Crippen molar-refractivity contribution in [3.05, 3.63) is 0 Å². The van der Waals surface area contributed by atoms with Gasteiger partial charge in [0.2, 0.25) is 0 Å². The molecule has 0 amide bonds. The van der Waals surface area contributed by atoms with Crippen molar-refractivity contribution in [2.24, 2.45) is 17.8 Å². The van der Waals surface area contributed by atoms with Gasteiger partial charge in [0.1, 0.15) is 0 Å². The normalized spacial score (nSPS) is 43.5. The predicted molar refractivity (Wildman–Crippen MR) is 46.0 cm³/mol. The molecular formula is C10H20. The predicted octanol–water partition coefficient (Wildman–Crippen LogP) is 3.47. The lowest BCUT2D eigenvalue weighted by Crippen LogP contribution is -2.39. The fraction of sp³-hybridized carbons (Fsp3) is 1.00. The van der Waals surface area contributed by atoms with Crippen molar-refractivity contribution in [1.29, 1.82) is 0 Å². The summed E-state index contributed by atoms with van der Waals surface area (Å²) in [7, 11) is 0. The van der Waals surface area contributed by atoms with E-state index in [0.29, 0.717) is 0 Å². The molecule has 3 fully saturated rings. The van der Waals surface area contributed by atoms with Crippen LogP contribution in [-0.4, -0.2) is 0 Å². The monoisotopic (exact) mass is 140 g/mol. The van der Waals surface area contributed by atoms with Crippen LogP contribution in [0.4, 0.5) is 0 Å². The van der Waals surface area contributed by atoms with E-state index in [1.54, 1.807) is 19.3 Å². The van der Waals surface area contributed by atoms with Crippen molar-refractivity contribution in [3.8, 4) is 0 Å². The largest absolute Gasteiger partial charge is 0.0776 e. The molecule has 2 bridgehead atoms. The molecule has 2 unspecified atom stereocenters. The van der Waals surface area contributed by atoms with Gasteiger partial charge in [0.25, 0.3) is 0 Å². The van der Waals surface area contributed by atoms with Gasteiger partial charge in [0, 0.05) is 0 Å². The van der Waals surface area contributed by atoms with E-state index in [1.807, 2.05) is 0 Å². The molecule has 0 saturated heterocycles. The topological polar surface area (TPSA) is 0 Å². The Balaban J connectivity index is 0.000000500. The van der Waals surface area contributed by atoms with Crippen molar-refractivity contribution in [1.82, 2.24) is 0 Å². The first-order valence-electron chi connectivity index (χ1n) is 4.42. The van der Waals surface area contributed by atoms with Gasteiger partial charge in [0.15, 0.2) is 0 Å². The Kier molecular flexibility index (Phi) is 2.38. The van der Waals surface area contributed by atoms with Crippen molar-refractivity contribution in [2.75, 3.05) is 0 Å². The van der Waals surface area contributed by atoms with E-state index in [0.717, 1.165) is 17.8 Å². The highest BCUT2D eigenvalue weighted by molar-refractivity contribution is 4.91. The van der Waals surface area contributed by atoms with Crippen LogP contribution in [-0.2, 0) is 0 Å². The van der Waals surface area contributed by atoms with E-state index in [9.17, 15) is 0 Å². The van der Waals surface area contributed by atoms with Crippen molar-refractivity contribution >= 4 is 0 Å². The first-order valence-corrected chi connectivity index (χ1v) is 4.42.